The fourth-order valence-corrected chi connectivity index (χ4v) is 0.695. The Morgan fingerprint density at radius 3 is 2.25 bits per heavy atom. The Hall–Kier alpha value is -1.06. The number of hydrogen-bond donors (Lipinski definition) is 1. The molecule has 0 fully saturated rings. The molecule has 0 aromatic heterocycles. The first kappa shape index (κ1) is 10.9. The number of carbonyl (C=O) groups is 1. The van der Waals surface area contributed by atoms with Gasteiger partial charge in [0.15, 0.2) is 0 Å². The summed E-state index contributed by atoms with van der Waals surface area (Å²) < 4.78 is 4.52. The molecule has 0 atom stereocenters. The summed E-state index contributed by atoms with van der Waals surface area (Å²) in [7, 11) is 1.00. The van der Waals surface area contributed by atoms with E-state index in [-0.39, 0.29) is 0 Å². The van der Waals surface area contributed by atoms with Gasteiger partial charge < -0.3 is 9.84 Å². The highest BCUT2D eigenvalue weighted by Gasteiger charge is 1.89. The van der Waals surface area contributed by atoms with Gasteiger partial charge in [-0.15, -0.1) is 0 Å². The van der Waals surface area contributed by atoms with Crippen LogP contribution in [0.3, 0.4) is 0 Å². The van der Waals surface area contributed by atoms with E-state index in [9.17, 15) is 4.79 Å². The number of aliphatic hydroxyl groups is 1. The Morgan fingerprint density at radius 2 is 1.83 bits per heavy atom. The number of carbonyl (C=O) groups excluding carboxylic acids is 1. The van der Waals surface area contributed by atoms with Crippen LogP contribution in [0.15, 0.2) is 24.3 Å². The molecular weight excluding hydrogens is 180 g/mol. The lowest BCUT2D eigenvalue weighted by Gasteiger charge is -1.94. The Morgan fingerprint density at radius 1 is 1.33 bits per heavy atom. The van der Waals surface area contributed by atoms with Crippen molar-refractivity contribution in [3.8, 4) is 5.75 Å². The maximum atomic E-state index is 9.80. The molecule has 12 heavy (non-hydrogen) atoms. The third kappa shape index (κ3) is 3.95. The van der Waals surface area contributed by atoms with Crippen LogP contribution in [0.25, 0.3) is 0 Å². The monoisotopic (exact) mass is 188 g/mol. The molecule has 0 aliphatic rings. The molecule has 1 aromatic rings. The molecule has 0 aliphatic carbocycles. The molecule has 4 heteroatoms. The lowest BCUT2D eigenvalue weighted by Crippen LogP contribution is -1.86. The first-order valence-corrected chi connectivity index (χ1v) is 3.51. The standard InChI is InChI=1S/C7H5ClO2.CH4O/c8-6-1-3-7(4-2-6)10-5-9;1-2/h1-5H;2H,1H3. The summed E-state index contributed by atoms with van der Waals surface area (Å²) in [5.74, 6) is 0.499. The third-order valence-electron chi connectivity index (χ3n) is 0.998. The predicted octanol–water partition coefficient (Wildman–Crippen LogP) is 1.48. The maximum absolute atomic E-state index is 9.80. The molecule has 0 spiro atoms. The highest BCUT2D eigenvalue weighted by molar-refractivity contribution is 6.30. The largest absolute Gasteiger partial charge is 0.429 e. The Kier molecular flexibility index (Phi) is 6.05. The van der Waals surface area contributed by atoms with E-state index < -0.39 is 0 Å². The van der Waals surface area contributed by atoms with Gasteiger partial charge in [-0.25, -0.2) is 0 Å². The molecule has 0 saturated heterocycles. The summed E-state index contributed by atoms with van der Waals surface area (Å²) in [6.07, 6.45) is 0. The van der Waals surface area contributed by atoms with Gasteiger partial charge in [0.1, 0.15) is 5.75 Å². The van der Waals surface area contributed by atoms with Crippen LogP contribution in [0.2, 0.25) is 5.02 Å². The summed E-state index contributed by atoms with van der Waals surface area (Å²) in [5.41, 5.74) is 0. The minimum Gasteiger partial charge on any atom is -0.429 e. The lowest BCUT2D eigenvalue weighted by atomic mass is 10.3. The van der Waals surface area contributed by atoms with E-state index in [0.29, 0.717) is 17.2 Å². The molecule has 0 radical (unpaired) electrons. The van der Waals surface area contributed by atoms with Crippen molar-refractivity contribution in [2.45, 2.75) is 0 Å². The van der Waals surface area contributed by atoms with Crippen molar-refractivity contribution in [3.63, 3.8) is 0 Å². The highest BCUT2D eigenvalue weighted by Crippen LogP contribution is 2.14. The number of benzene rings is 1. The van der Waals surface area contributed by atoms with Crippen LogP contribution < -0.4 is 4.74 Å². The van der Waals surface area contributed by atoms with Crippen LogP contribution in [0.5, 0.6) is 5.75 Å². The SMILES string of the molecule is CO.O=COc1ccc(Cl)cc1. The van der Waals surface area contributed by atoms with Crippen molar-refractivity contribution in [1.29, 1.82) is 0 Å². The van der Waals surface area contributed by atoms with Crippen LogP contribution in [-0.4, -0.2) is 18.7 Å². The first-order valence-electron chi connectivity index (χ1n) is 3.13. The quantitative estimate of drug-likeness (QED) is 0.716. The molecule has 0 amide bonds. The minimum absolute atomic E-state index is 0.378. The number of ether oxygens (including phenoxy) is 1. The smallest absolute Gasteiger partial charge is 0.298 e. The van der Waals surface area contributed by atoms with Gasteiger partial charge >= 0.3 is 0 Å². The van der Waals surface area contributed by atoms with Gasteiger partial charge in [-0.3, -0.25) is 4.79 Å². The van der Waals surface area contributed by atoms with Crippen molar-refractivity contribution in [3.05, 3.63) is 29.3 Å². The summed E-state index contributed by atoms with van der Waals surface area (Å²) in [4.78, 5) is 9.80. The van der Waals surface area contributed by atoms with E-state index in [2.05, 4.69) is 4.74 Å². The molecule has 0 aliphatic heterocycles. The molecule has 0 heterocycles. The van der Waals surface area contributed by atoms with Crippen LogP contribution in [0.1, 0.15) is 0 Å². The molecule has 0 bridgehead atoms. The number of aliphatic hydroxyl groups excluding tert-OH is 1. The predicted molar refractivity (Wildman–Crippen MR) is 46.3 cm³/mol. The Labute approximate surface area is 75.5 Å². The van der Waals surface area contributed by atoms with Crippen molar-refractivity contribution < 1.29 is 14.6 Å². The van der Waals surface area contributed by atoms with E-state index in [1.165, 1.54) is 0 Å². The lowest BCUT2D eigenvalue weighted by molar-refractivity contribution is -0.120. The van der Waals surface area contributed by atoms with Crippen molar-refractivity contribution >= 4 is 18.1 Å². The molecule has 0 unspecified atom stereocenters. The average molecular weight is 189 g/mol. The van der Waals surface area contributed by atoms with Crippen LogP contribution in [0, 0.1) is 0 Å². The Balaban J connectivity index is 0.000000561. The van der Waals surface area contributed by atoms with Gasteiger partial charge in [-0.05, 0) is 24.3 Å². The highest BCUT2D eigenvalue weighted by atomic mass is 35.5. The molecule has 3 nitrogen and oxygen atoms in total. The van der Waals surface area contributed by atoms with Gasteiger partial charge in [0.2, 0.25) is 0 Å². The zero-order valence-corrected chi connectivity index (χ0v) is 7.28. The fraction of sp³-hybridized carbons (Fsp3) is 0.125. The van der Waals surface area contributed by atoms with E-state index >= 15 is 0 Å². The second-order valence-corrected chi connectivity index (χ2v) is 2.10. The molecule has 0 saturated carbocycles. The first-order chi connectivity index (χ1) is 5.83. The van der Waals surface area contributed by atoms with Gasteiger partial charge in [-0.2, -0.15) is 0 Å². The third-order valence-corrected chi connectivity index (χ3v) is 1.25. The van der Waals surface area contributed by atoms with Crippen molar-refractivity contribution in [2.75, 3.05) is 7.11 Å². The number of halogens is 1. The summed E-state index contributed by atoms with van der Waals surface area (Å²) >= 11 is 5.57. The van der Waals surface area contributed by atoms with Gasteiger partial charge in [0, 0.05) is 12.1 Å². The maximum Gasteiger partial charge on any atom is 0.298 e. The average Bonchev–Trinajstić information content (AvgIpc) is 2.13. The fourth-order valence-electron chi connectivity index (χ4n) is 0.569. The molecule has 66 valence electrons. The van der Waals surface area contributed by atoms with E-state index in [1.807, 2.05) is 0 Å². The molecule has 1 aromatic carbocycles. The summed E-state index contributed by atoms with van der Waals surface area (Å²) in [6, 6.07) is 6.55. The van der Waals surface area contributed by atoms with Crippen molar-refractivity contribution in [2.24, 2.45) is 0 Å². The second kappa shape index (κ2) is 6.64. The van der Waals surface area contributed by atoms with E-state index in [0.717, 1.165) is 7.11 Å². The molecule has 1 rings (SSSR count). The summed E-state index contributed by atoms with van der Waals surface area (Å²) in [5, 5.41) is 7.62. The molecular formula is C8H9ClO3. The Bertz CT molecular complexity index is 220. The van der Waals surface area contributed by atoms with E-state index in [4.69, 9.17) is 16.7 Å². The normalized spacial score (nSPS) is 7.92. The number of rotatable bonds is 2. The minimum atomic E-state index is 0.378. The topological polar surface area (TPSA) is 46.5 Å². The van der Waals surface area contributed by atoms with Crippen LogP contribution in [-0.2, 0) is 4.79 Å². The molecule has 1 N–H and O–H groups in total. The van der Waals surface area contributed by atoms with E-state index in [1.54, 1.807) is 24.3 Å². The van der Waals surface area contributed by atoms with Gasteiger partial charge in [0.05, 0.1) is 0 Å². The van der Waals surface area contributed by atoms with Gasteiger partial charge in [-0.1, -0.05) is 11.6 Å². The second-order valence-electron chi connectivity index (χ2n) is 1.67. The summed E-state index contributed by atoms with van der Waals surface area (Å²) in [6.45, 7) is 0.378. The van der Waals surface area contributed by atoms with Crippen molar-refractivity contribution in [1.82, 2.24) is 0 Å². The van der Waals surface area contributed by atoms with Crippen LogP contribution in [0.4, 0.5) is 0 Å². The zero-order valence-electron chi connectivity index (χ0n) is 6.53. The van der Waals surface area contributed by atoms with Gasteiger partial charge in [0.25, 0.3) is 6.47 Å². The number of hydrogen-bond acceptors (Lipinski definition) is 3. The van der Waals surface area contributed by atoms with Crippen LogP contribution >= 0.6 is 11.6 Å². The zero-order chi connectivity index (χ0) is 9.40.